The fourth-order valence-electron chi connectivity index (χ4n) is 2.39. The molecule has 1 saturated carbocycles. The first-order chi connectivity index (χ1) is 8.03. The summed E-state index contributed by atoms with van der Waals surface area (Å²) in [5, 5.41) is 9.13. The van der Waals surface area contributed by atoms with Crippen LogP contribution in [0, 0.1) is 5.41 Å². The SMILES string of the molecule is O=C(CC1(C(=O)O)CCC1)N1CCC=C(F)C1. The Morgan fingerprint density at radius 1 is 1.47 bits per heavy atom. The van der Waals surface area contributed by atoms with Crippen molar-refractivity contribution in [1.29, 1.82) is 0 Å². The monoisotopic (exact) mass is 241 g/mol. The molecule has 0 radical (unpaired) electrons. The second-order valence-corrected chi connectivity index (χ2v) is 4.87. The molecule has 0 aromatic carbocycles. The molecule has 0 aromatic heterocycles. The molecule has 0 saturated heterocycles. The Labute approximate surface area is 99.1 Å². The van der Waals surface area contributed by atoms with Gasteiger partial charge in [0, 0.05) is 13.0 Å². The van der Waals surface area contributed by atoms with Crippen molar-refractivity contribution in [1.82, 2.24) is 4.90 Å². The molecular formula is C12H16FNO3. The van der Waals surface area contributed by atoms with E-state index >= 15 is 0 Å². The van der Waals surface area contributed by atoms with E-state index in [-0.39, 0.29) is 24.7 Å². The van der Waals surface area contributed by atoms with Crippen LogP contribution in [0.1, 0.15) is 32.1 Å². The van der Waals surface area contributed by atoms with Crippen molar-refractivity contribution in [3.8, 4) is 0 Å². The number of carbonyl (C=O) groups is 2. The van der Waals surface area contributed by atoms with Gasteiger partial charge < -0.3 is 10.0 Å². The molecule has 1 aliphatic carbocycles. The Morgan fingerprint density at radius 2 is 2.18 bits per heavy atom. The van der Waals surface area contributed by atoms with Gasteiger partial charge in [0.1, 0.15) is 5.83 Å². The maximum Gasteiger partial charge on any atom is 0.310 e. The molecule has 5 heteroatoms. The van der Waals surface area contributed by atoms with Crippen molar-refractivity contribution >= 4 is 11.9 Å². The van der Waals surface area contributed by atoms with E-state index in [1.807, 2.05) is 0 Å². The molecule has 1 amide bonds. The van der Waals surface area contributed by atoms with Gasteiger partial charge in [-0.3, -0.25) is 9.59 Å². The fraction of sp³-hybridized carbons (Fsp3) is 0.667. The molecular weight excluding hydrogens is 225 g/mol. The van der Waals surface area contributed by atoms with E-state index in [0.717, 1.165) is 6.42 Å². The molecule has 1 heterocycles. The summed E-state index contributed by atoms with van der Waals surface area (Å²) in [5.41, 5.74) is -0.880. The van der Waals surface area contributed by atoms with Crippen LogP contribution in [0.5, 0.6) is 0 Å². The normalized spacial score (nSPS) is 22.6. The summed E-state index contributed by atoms with van der Waals surface area (Å²) in [6.45, 7) is 0.483. The Hall–Kier alpha value is -1.39. The molecule has 4 nitrogen and oxygen atoms in total. The average molecular weight is 241 g/mol. The van der Waals surface area contributed by atoms with Crippen molar-refractivity contribution in [3.05, 3.63) is 11.9 Å². The number of halogens is 1. The number of carbonyl (C=O) groups excluding carboxylic acids is 1. The van der Waals surface area contributed by atoms with E-state index in [9.17, 15) is 14.0 Å². The van der Waals surface area contributed by atoms with Crippen molar-refractivity contribution < 1.29 is 19.1 Å². The first-order valence-corrected chi connectivity index (χ1v) is 5.89. The molecule has 94 valence electrons. The summed E-state index contributed by atoms with van der Waals surface area (Å²) in [5.74, 6) is -1.44. The molecule has 2 rings (SSSR count). The number of rotatable bonds is 3. The quantitative estimate of drug-likeness (QED) is 0.818. The number of carboxylic acids is 1. The largest absolute Gasteiger partial charge is 0.481 e. The second-order valence-electron chi connectivity index (χ2n) is 4.87. The summed E-state index contributed by atoms with van der Waals surface area (Å²) in [4.78, 5) is 24.5. The van der Waals surface area contributed by atoms with Crippen LogP contribution in [0.25, 0.3) is 0 Å². The van der Waals surface area contributed by atoms with Crippen molar-refractivity contribution in [3.63, 3.8) is 0 Å². The topological polar surface area (TPSA) is 57.6 Å². The first-order valence-electron chi connectivity index (χ1n) is 5.89. The molecule has 0 unspecified atom stereocenters. The summed E-state index contributed by atoms with van der Waals surface area (Å²) < 4.78 is 13.0. The van der Waals surface area contributed by atoms with E-state index < -0.39 is 11.4 Å². The summed E-state index contributed by atoms with van der Waals surface area (Å²) in [6.07, 6.45) is 3.96. The maximum atomic E-state index is 13.0. The lowest BCUT2D eigenvalue weighted by atomic mass is 9.66. The number of hydrogen-bond acceptors (Lipinski definition) is 2. The molecule has 17 heavy (non-hydrogen) atoms. The van der Waals surface area contributed by atoms with E-state index in [1.165, 1.54) is 11.0 Å². The number of nitrogens with zero attached hydrogens (tertiary/aromatic N) is 1. The van der Waals surface area contributed by atoms with Gasteiger partial charge in [0.2, 0.25) is 5.91 Å². The summed E-state index contributed by atoms with van der Waals surface area (Å²) in [7, 11) is 0. The third-order valence-corrected chi connectivity index (χ3v) is 3.71. The molecule has 1 aliphatic heterocycles. The van der Waals surface area contributed by atoms with E-state index in [4.69, 9.17) is 5.11 Å². The zero-order chi connectivity index (χ0) is 12.5. The predicted molar refractivity (Wildman–Crippen MR) is 58.9 cm³/mol. The molecule has 1 fully saturated rings. The van der Waals surface area contributed by atoms with Gasteiger partial charge in [0.25, 0.3) is 0 Å². The minimum atomic E-state index is -0.898. The highest BCUT2D eigenvalue weighted by atomic mass is 19.1. The van der Waals surface area contributed by atoms with Gasteiger partial charge in [-0.2, -0.15) is 0 Å². The van der Waals surface area contributed by atoms with Gasteiger partial charge in [0.05, 0.1) is 12.0 Å². The lowest BCUT2D eigenvalue weighted by Crippen LogP contribution is -2.45. The van der Waals surface area contributed by atoms with Gasteiger partial charge in [-0.05, 0) is 25.3 Å². The Balaban J connectivity index is 1.97. The molecule has 0 atom stereocenters. The van der Waals surface area contributed by atoms with Crippen molar-refractivity contribution in [2.24, 2.45) is 5.41 Å². The van der Waals surface area contributed by atoms with Crippen LogP contribution in [-0.4, -0.2) is 35.0 Å². The van der Waals surface area contributed by atoms with E-state index in [2.05, 4.69) is 0 Å². The lowest BCUT2D eigenvalue weighted by Gasteiger charge is -2.38. The van der Waals surface area contributed by atoms with E-state index in [0.29, 0.717) is 25.8 Å². The number of aliphatic carboxylic acids is 1. The van der Waals surface area contributed by atoms with Gasteiger partial charge in [0.15, 0.2) is 0 Å². The molecule has 0 bridgehead atoms. The van der Waals surface area contributed by atoms with Crippen molar-refractivity contribution in [2.75, 3.05) is 13.1 Å². The minimum Gasteiger partial charge on any atom is -0.481 e. The second kappa shape index (κ2) is 4.47. The first kappa shape index (κ1) is 12.1. The molecule has 0 aromatic rings. The van der Waals surface area contributed by atoms with Crippen LogP contribution in [0.3, 0.4) is 0 Å². The van der Waals surface area contributed by atoms with Crippen LogP contribution in [0.4, 0.5) is 4.39 Å². The molecule has 1 N–H and O–H groups in total. The van der Waals surface area contributed by atoms with Gasteiger partial charge in [-0.1, -0.05) is 6.42 Å². The highest BCUT2D eigenvalue weighted by molar-refractivity contribution is 5.85. The average Bonchev–Trinajstić information content (AvgIpc) is 2.22. The van der Waals surface area contributed by atoms with Crippen LogP contribution < -0.4 is 0 Å². The molecule has 0 spiro atoms. The third-order valence-electron chi connectivity index (χ3n) is 3.71. The van der Waals surface area contributed by atoms with Crippen LogP contribution in [0.15, 0.2) is 11.9 Å². The van der Waals surface area contributed by atoms with Gasteiger partial charge in [-0.15, -0.1) is 0 Å². The summed E-state index contributed by atoms with van der Waals surface area (Å²) >= 11 is 0. The predicted octanol–water partition coefficient (Wildman–Crippen LogP) is 1.72. The Kier molecular flexibility index (Phi) is 3.17. The maximum absolute atomic E-state index is 13.0. The van der Waals surface area contributed by atoms with Crippen LogP contribution >= 0.6 is 0 Å². The van der Waals surface area contributed by atoms with Crippen LogP contribution in [0.2, 0.25) is 0 Å². The number of amides is 1. The van der Waals surface area contributed by atoms with Gasteiger partial charge >= 0.3 is 5.97 Å². The smallest absolute Gasteiger partial charge is 0.310 e. The Morgan fingerprint density at radius 3 is 2.65 bits per heavy atom. The van der Waals surface area contributed by atoms with Crippen molar-refractivity contribution in [2.45, 2.75) is 32.1 Å². The van der Waals surface area contributed by atoms with Gasteiger partial charge in [-0.25, -0.2) is 4.39 Å². The zero-order valence-electron chi connectivity index (χ0n) is 9.62. The Bertz CT molecular complexity index is 374. The zero-order valence-corrected chi connectivity index (χ0v) is 9.62. The number of carboxylic acid groups (broad SMARTS) is 1. The molecule has 2 aliphatic rings. The lowest BCUT2D eigenvalue weighted by molar-refractivity contribution is -0.159. The highest BCUT2D eigenvalue weighted by Gasteiger charge is 2.46. The summed E-state index contributed by atoms with van der Waals surface area (Å²) in [6, 6.07) is 0. The number of hydrogen-bond donors (Lipinski definition) is 1. The third kappa shape index (κ3) is 2.33. The standard InChI is InChI=1S/C12H16FNO3/c13-9-3-1-6-14(8-9)10(15)7-12(11(16)17)4-2-5-12/h3H,1-2,4-8H2,(H,16,17). The van der Waals surface area contributed by atoms with E-state index in [1.54, 1.807) is 0 Å². The fourth-order valence-corrected chi connectivity index (χ4v) is 2.39. The van der Waals surface area contributed by atoms with Crippen LogP contribution in [-0.2, 0) is 9.59 Å². The highest BCUT2D eigenvalue weighted by Crippen LogP contribution is 2.44. The minimum absolute atomic E-state index is 0.00542.